The summed E-state index contributed by atoms with van der Waals surface area (Å²) < 4.78 is 12.5. The Hall–Kier alpha value is -0.110. The van der Waals surface area contributed by atoms with Gasteiger partial charge < -0.3 is 5.32 Å². The third kappa shape index (κ3) is 1.56. The van der Waals surface area contributed by atoms with E-state index in [4.69, 9.17) is 0 Å². The van der Waals surface area contributed by atoms with E-state index < -0.39 is 6.17 Å². The molecule has 0 aromatic rings. The molecule has 0 atom stereocenters. The molecule has 11 heavy (non-hydrogen) atoms. The molecule has 1 N–H and O–H groups in total. The zero-order valence-corrected chi connectivity index (χ0v) is 6.85. The van der Waals surface area contributed by atoms with E-state index >= 15 is 0 Å². The van der Waals surface area contributed by atoms with Crippen molar-refractivity contribution in [2.75, 3.05) is 13.1 Å². The van der Waals surface area contributed by atoms with Crippen LogP contribution in [0.2, 0.25) is 0 Å². The minimum atomic E-state index is -0.463. The van der Waals surface area contributed by atoms with Gasteiger partial charge in [-0.05, 0) is 50.6 Å². The Morgan fingerprint density at radius 3 is 2.18 bits per heavy atom. The Labute approximate surface area is 67.4 Å². The molecule has 0 radical (unpaired) electrons. The molecule has 2 aliphatic rings. The highest BCUT2D eigenvalue weighted by Crippen LogP contribution is 2.39. The fourth-order valence-electron chi connectivity index (χ4n) is 2.29. The van der Waals surface area contributed by atoms with Crippen LogP contribution >= 0.6 is 0 Å². The van der Waals surface area contributed by atoms with Crippen LogP contribution in [0.5, 0.6) is 0 Å². The standard InChI is InChI=1S/C9H16FN/c10-9-5-8(6-9)7-1-3-11-4-2-7/h7-9,11H,1-6H2. The van der Waals surface area contributed by atoms with Crippen molar-refractivity contribution in [3.05, 3.63) is 0 Å². The van der Waals surface area contributed by atoms with Gasteiger partial charge in [-0.3, -0.25) is 0 Å². The fourth-order valence-corrected chi connectivity index (χ4v) is 2.29. The molecule has 0 aromatic heterocycles. The quantitative estimate of drug-likeness (QED) is 0.611. The second-order valence-corrected chi connectivity index (χ2v) is 3.92. The van der Waals surface area contributed by atoms with Crippen LogP contribution in [0, 0.1) is 11.8 Å². The molecule has 0 unspecified atom stereocenters. The highest BCUT2D eigenvalue weighted by atomic mass is 19.1. The molecule has 0 aromatic carbocycles. The molecule has 2 heteroatoms. The first-order valence-electron chi connectivity index (χ1n) is 4.71. The molecule has 1 aliphatic heterocycles. The van der Waals surface area contributed by atoms with E-state index in [0.29, 0.717) is 0 Å². The summed E-state index contributed by atoms with van der Waals surface area (Å²) in [6.45, 7) is 2.30. The highest BCUT2D eigenvalue weighted by Gasteiger charge is 2.35. The van der Waals surface area contributed by atoms with Crippen LogP contribution in [0.25, 0.3) is 0 Å². The number of rotatable bonds is 1. The van der Waals surface area contributed by atoms with Gasteiger partial charge in [-0.2, -0.15) is 0 Å². The van der Waals surface area contributed by atoms with E-state index in [-0.39, 0.29) is 0 Å². The van der Waals surface area contributed by atoms with E-state index in [1.54, 1.807) is 0 Å². The van der Waals surface area contributed by atoms with Crippen molar-refractivity contribution in [1.82, 2.24) is 5.32 Å². The second-order valence-electron chi connectivity index (χ2n) is 3.92. The molecule has 1 nitrogen and oxygen atoms in total. The number of hydrogen-bond donors (Lipinski definition) is 1. The summed E-state index contributed by atoms with van der Waals surface area (Å²) in [5, 5.41) is 3.34. The number of nitrogens with one attached hydrogen (secondary N) is 1. The molecular weight excluding hydrogens is 141 g/mol. The lowest BCUT2D eigenvalue weighted by atomic mass is 9.71. The maximum absolute atomic E-state index is 12.5. The monoisotopic (exact) mass is 157 g/mol. The van der Waals surface area contributed by atoms with Crippen LogP contribution in [0.3, 0.4) is 0 Å². The van der Waals surface area contributed by atoms with Crippen molar-refractivity contribution < 1.29 is 4.39 Å². The Morgan fingerprint density at radius 1 is 1.00 bits per heavy atom. The van der Waals surface area contributed by atoms with E-state index in [1.165, 1.54) is 12.8 Å². The average molecular weight is 157 g/mol. The van der Waals surface area contributed by atoms with Crippen LogP contribution in [0.4, 0.5) is 4.39 Å². The van der Waals surface area contributed by atoms with Gasteiger partial charge in [-0.1, -0.05) is 0 Å². The van der Waals surface area contributed by atoms with Gasteiger partial charge in [0, 0.05) is 0 Å². The van der Waals surface area contributed by atoms with E-state index in [1.807, 2.05) is 0 Å². The van der Waals surface area contributed by atoms with E-state index in [0.717, 1.165) is 37.8 Å². The summed E-state index contributed by atoms with van der Waals surface area (Å²) in [6.07, 6.45) is 3.79. The summed E-state index contributed by atoms with van der Waals surface area (Å²) in [5.41, 5.74) is 0. The van der Waals surface area contributed by atoms with E-state index in [2.05, 4.69) is 5.32 Å². The summed E-state index contributed by atoms with van der Waals surface area (Å²) in [4.78, 5) is 0. The molecule has 2 fully saturated rings. The highest BCUT2D eigenvalue weighted by molar-refractivity contribution is 4.86. The van der Waals surface area contributed by atoms with E-state index in [9.17, 15) is 4.39 Å². The predicted octanol–water partition coefficient (Wildman–Crippen LogP) is 1.73. The van der Waals surface area contributed by atoms with Crippen LogP contribution in [0.15, 0.2) is 0 Å². The van der Waals surface area contributed by atoms with Gasteiger partial charge >= 0.3 is 0 Å². The van der Waals surface area contributed by atoms with Crippen LogP contribution < -0.4 is 5.32 Å². The summed E-state index contributed by atoms with van der Waals surface area (Å²) in [7, 11) is 0. The van der Waals surface area contributed by atoms with Crippen molar-refractivity contribution in [2.24, 2.45) is 11.8 Å². The second kappa shape index (κ2) is 3.10. The first-order chi connectivity index (χ1) is 5.36. The smallest absolute Gasteiger partial charge is 0.101 e. The lowest BCUT2D eigenvalue weighted by molar-refractivity contribution is 0.0696. The lowest BCUT2D eigenvalue weighted by Crippen LogP contribution is -2.37. The van der Waals surface area contributed by atoms with Crippen molar-refractivity contribution in [1.29, 1.82) is 0 Å². The first kappa shape index (κ1) is 7.53. The van der Waals surface area contributed by atoms with Gasteiger partial charge in [0.15, 0.2) is 0 Å². The van der Waals surface area contributed by atoms with Gasteiger partial charge in [0.05, 0.1) is 0 Å². The van der Waals surface area contributed by atoms with Gasteiger partial charge in [0.25, 0.3) is 0 Å². The lowest BCUT2D eigenvalue weighted by Gasteiger charge is -2.38. The average Bonchev–Trinajstić information content (AvgIpc) is 2.01. The normalized spacial score (nSPS) is 40.1. The number of alkyl halides is 1. The maximum atomic E-state index is 12.5. The molecule has 0 bridgehead atoms. The minimum absolute atomic E-state index is 0.463. The van der Waals surface area contributed by atoms with Crippen LogP contribution in [-0.2, 0) is 0 Å². The summed E-state index contributed by atoms with van der Waals surface area (Å²) >= 11 is 0. The van der Waals surface area contributed by atoms with Crippen LogP contribution in [0.1, 0.15) is 25.7 Å². The zero-order chi connectivity index (χ0) is 7.68. The number of hydrogen-bond acceptors (Lipinski definition) is 1. The third-order valence-electron chi connectivity index (χ3n) is 3.17. The third-order valence-corrected chi connectivity index (χ3v) is 3.17. The van der Waals surface area contributed by atoms with Gasteiger partial charge in [0.1, 0.15) is 6.17 Å². The first-order valence-corrected chi connectivity index (χ1v) is 4.71. The summed E-state index contributed by atoms with van der Waals surface area (Å²) in [6, 6.07) is 0. The maximum Gasteiger partial charge on any atom is 0.101 e. The van der Waals surface area contributed by atoms with Crippen LogP contribution in [-0.4, -0.2) is 19.3 Å². The SMILES string of the molecule is FC1CC(C2CCNCC2)C1. The largest absolute Gasteiger partial charge is 0.317 e. The Morgan fingerprint density at radius 2 is 1.64 bits per heavy atom. The minimum Gasteiger partial charge on any atom is -0.317 e. The molecule has 2 rings (SSSR count). The number of halogens is 1. The molecular formula is C9H16FN. The Bertz CT molecular complexity index is 126. The summed E-state index contributed by atoms with van der Waals surface area (Å²) in [5.74, 6) is 1.57. The molecule has 1 saturated heterocycles. The molecule has 0 spiro atoms. The van der Waals surface area contributed by atoms with Crippen molar-refractivity contribution in [2.45, 2.75) is 31.9 Å². The molecule has 1 saturated carbocycles. The number of piperidine rings is 1. The predicted molar refractivity (Wildman–Crippen MR) is 43.2 cm³/mol. The Balaban J connectivity index is 1.76. The van der Waals surface area contributed by atoms with Gasteiger partial charge in [0.2, 0.25) is 0 Å². The zero-order valence-electron chi connectivity index (χ0n) is 6.85. The molecule has 1 aliphatic carbocycles. The topological polar surface area (TPSA) is 12.0 Å². The van der Waals surface area contributed by atoms with Crippen molar-refractivity contribution >= 4 is 0 Å². The van der Waals surface area contributed by atoms with Crippen molar-refractivity contribution in [3.8, 4) is 0 Å². The molecule has 1 heterocycles. The molecule has 0 amide bonds. The van der Waals surface area contributed by atoms with Gasteiger partial charge in [-0.25, -0.2) is 4.39 Å². The van der Waals surface area contributed by atoms with Gasteiger partial charge in [-0.15, -0.1) is 0 Å². The fraction of sp³-hybridized carbons (Fsp3) is 1.00. The van der Waals surface area contributed by atoms with Crippen molar-refractivity contribution in [3.63, 3.8) is 0 Å². The Kier molecular flexibility index (Phi) is 2.12. The molecule has 64 valence electrons.